The maximum absolute atomic E-state index is 13.7. The van der Waals surface area contributed by atoms with E-state index in [-0.39, 0.29) is 17.5 Å². The predicted octanol–water partition coefficient (Wildman–Crippen LogP) is 3.09. The summed E-state index contributed by atoms with van der Waals surface area (Å²) in [5.74, 6) is -0.792. The summed E-state index contributed by atoms with van der Waals surface area (Å²) in [6.07, 6.45) is 4.55. The maximum atomic E-state index is 13.7. The predicted molar refractivity (Wildman–Crippen MR) is 71.4 cm³/mol. The van der Waals surface area contributed by atoms with E-state index in [0.29, 0.717) is 6.54 Å². The zero-order valence-electron chi connectivity index (χ0n) is 10.3. The number of hydrogen-bond acceptors (Lipinski definition) is 3. The van der Waals surface area contributed by atoms with Crippen LogP contribution in [0.3, 0.4) is 0 Å². The molecular formula is C14H13FN2OS. The van der Waals surface area contributed by atoms with E-state index in [0.717, 1.165) is 23.9 Å². The lowest BCUT2D eigenvalue weighted by Crippen LogP contribution is -2.32. The van der Waals surface area contributed by atoms with E-state index >= 15 is 0 Å². The SMILES string of the molecule is O=C(c1ccncc1F)N(Cc1cccs1)C1CC1. The molecule has 0 saturated heterocycles. The molecule has 0 radical (unpaired) electrons. The van der Waals surface area contributed by atoms with Crippen molar-refractivity contribution in [3.63, 3.8) is 0 Å². The summed E-state index contributed by atoms with van der Waals surface area (Å²) in [5.41, 5.74) is 0.110. The number of hydrogen-bond donors (Lipinski definition) is 0. The van der Waals surface area contributed by atoms with E-state index in [2.05, 4.69) is 4.98 Å². The Morgan fingerprint density at radius 2 is 2.32 bits per heavy atom. The largest absolute Gasteiger partial charge is 0.330 e. The van der Waals surface area contributed by atoms with Gasteiger partial charge in [-0.05, 0) is 30.4 Å². The molecule has 2 heterocycles. The molecule has 19 heavy (non-hydrogen) atoms. The van der Waals surface area contributed by atoms with Crippen LogP contribution in [0.15, 0.2) is 36.0 Å². The first-order chi connectivity index (χ1) is 9.25. The normalized spacial score (nSPS) is 14.4. The summed E-state index contributed by atoms with van der Waals surface area (Å²) >= 11 is 1.61. The van der Waals surface area contributed by atoms with Gasteiger partial charge in [-0.25, -0.2) is 4.39 Å². The van der Waals surface area contributed by atoms with Crippen LogP contribution in [0.4, 0.5) is 4.39 Å². The van der Waals surface area contributed by atoms with Crippen LogP contribution < -0.4 is 0 Å². The van der Waals surface area contributed by atoms with E-state index < -0.39 is 5.82 Å². The summed E-state index contributed by atoms with van der Waals surface area (Å²) in [6, 6.07) is 5.66. The second-order valence-electron chi connectivity index (χ2n) is 4.60. The zero-order chi connectivity index (χ0) is 13.2. The molecule has 2 aromatic rings. The number of thiophene rings is 1. The lowest BCUT2D eigenvalue weighted by Gasteiger charge is -2.22. The molecule has 1 aliphatic rings. The zero-order valence-corrected chi connectivity index (χ0v) is 11.1. The van der Waals surface area contributed by atoms with Gasteiger partial charge in [-0.15, -0.1) is 11.3 Å². The second-order valence-corrected chi connectivity index (χ2v) is 5.63. The Bertz CT molecular complexity index is 581. The van der Waals surface area contributed by atoms with Crippen LogP contribution in [0.2, 0.25) is 0 Å². The average molecular weight is 276 g/mol. The Kier molecular flexibility index (Phi) is 3.29. The van der Waals surface area contributed by atoms with Gasteiger partial charge in [-0.2, -0.15) is 0 Å². The smallest absolute Gasteiger partial charge is 0.257 e. The van der Waals surface area contributed by atoms with Crippen LogP contribution in [0.1, 0.15) is 28.1 Å². The molecular weight excluding hydrogens is 263 g/mol. The van der Waals surface area contributed by atoms with Crippen LogP contribution in [0.5, 0.6) is 0 Å². The lowest BCUT2D eigenvalue weighted by molar-refractivity contribution is 0.0726. The minimum absolute atomic E-state index is 0.110. The molecule has 1 saturated carbocycles. The van der Waals surface area contributed by atoms with Crippen molar-refractivity contribution < 1.29 is 9.18 Å². The van der Waals surface area contributed by atoms with Crippen molar-refractivity contribution in [2.24, 2.45) is 0 Å². The van der Waals surface area contributed by atoms with Crippen molar-refractivity contribution in [2.75, 3.05) is 0 Å². The van der Waals surface area contributed by atoms with E-state index in [4.69, 9.17) is 0 Å². The van der Waals surface area contributed by atoms with Crippen molar-refractivity contribution in [1.29, 1.82) is 0 Å². The first-order valence-corrected chi connectivity index (χ1v) is 7.06. The van der Waals surface area contributed by atoms with Gasteiger partial charge in [0.25, 0.3) is 5.91 Å². The molecule has 3 nitrogen and oxygen atoms in total. The van der Waals surface area contributed by atoms with Crippen LogP contribution in [0, 0.1) is 5.82 Å². The first-order valence-electron chi connectivity index (χ1n) is 6.18. The summed E-state index contributed by atoms with van der Waals surface area (Å²) in [6.45, 7) is 0.558. The van der Waals surface area contributed by atoms with Gasteiger partial charge in [0, 0.05) is 17.1 Å². The maximum Gasteiger partial charge on any atom is 0.257 e. The molecule has 0 spiro atoms. The minimum Gasteiger partial charge on any atom is -0.330 e. The van der Waals surface area contributed by atoms with Gasteiger partial charge in [0.2, 0.25) is 0 Å². The molecule has 0 atom stereocenters. The fraction of sp³-hybridized carbons (Fsp3) is 0.286. The molecule has 0 N–H and O–H groups in total. The summed E-state index contributed by atoms with van der Waals surface area (Å²) in [5, 5.41) is 1.98. The first kappa shape index (κ1) is 12.3. The molecule has 3 rings (SSSR count). The Morgan fingerprint density at radius 1 is 1.47 bits per heavy atom. The molecule has 0 aliphatic heterocycles. The third kappa shape index (κ3) is 2.66. The van der Waals surface area contributed by atoms with Crippen molar-refractivity contribution >= 4 is 17.2 Å². The summed E-state index contributed by atoms with van der Waals surface area (Å²) in [4.78, 5) is 19.0. The quantitative estimate of drug-likeness (QED) is 0.859. The summed E-state index contributed by atoms with van der Waals surface area (Å²) in [7, 11) is 0. The highest BCUT2D eigenvalue weighted by atomic mass is 32.1. The fourth-order valence-electron chi connectivity index (χ4n) is 2.03. The van der Waals surface area contributed by atoms with Gasteiger partial charge < -0.3 is 4.90 Å². The number of amides is 1. The molecule has 0 unspecified atom stereocenters. The van der Waals surface area contributed by atoms with Crippen LogP contribution in [-0.2, 0) is 6.54 Å². The molecule has 2 aromatic heterocycles. The standard InChI is InChI=1S/C14H13FN2OS/c15-13-8-16-6-5-12(13)14(18)17(10-3-4-10)9-11-2-1-7-19-11/h1-2,5-8,10H,3-4,9H2. The third-order valence-electron chi connectivity index (χ3n) is 3.16. The van der Waals surface area contributed by atoms with Crippen molar-refractivity contribution in [3.05, 3.63) is 52.2 Å². The monoisotopic (exact) mass is 276 g/mol. The average Bonchev–Trinajstić information content (AvgIpc) is 3.13. The van der Waals surface area contributed by atoms with E-state index in [9.17, 15) is 9.18 Å². The molecule has 1 fully saturated rings. The van der Waals surface area contributed by atoms with Crippen LogP contribution in [0.25, 0.3) is 0 Å². The van der Waals surface area contributed by atoms with Gasteiger partial charge >= 0.3 is 0 Å². The minimum atomic E-state index is -0.552. The number of pyridine rings is 1. The number of carbonyl (C=O) groups excluding carboxylic acids is 1. The Morgan fingerprint density at radius 3 is 2.95 bits per heavy atom. The lowest BCUT2D eigenvalue weighted by atomic mass is 10.2. The number of halogens is 1. The van der Waals surface area contributed by atoms with Gasteiger partial charge in [-0.1, -0.05) is 6.07 Å². The number of nitrogens with zero attached hydrogens (tertiary/aromatic N) is 2. The van der Waals surface area contributed by atoms with Gasteiger partial charge in [0.15, 0.2) is 5.82 Å². The summed E-state index contributed by atoms with van der Waals surface area (Å²) < 4.78 is 13.7. The molecule has 1 amide bonds. The molecule has 98 valence electrons. The molecule has 5 heteroatoms. The van der Waals surface area contributed by atoms with Crippen molar-refractivity contribution in [2.45, 2.75) is 25.4 Å². The number of aromatic nitrogens is 1. The van der Waals surface area contributed by atoms with Crippen LogP contribution in [-0.4, -0.2) is 21.8 Å². The Hall–Kier alpha value is -1.75. The van der Waals surface area contributed by atoms with Crippen LogP contribution >= 0.6 is 11.3 Å². The van der Waals surface area contributed by atoms with E-state index in [1.54, 1.807) is 16.2 Å². The Labute approximate surface area is 114 Å². The van der Waals surface area contributed by atoms with E-state index in [1.807, 2.05) is 17.5 Å². The van der Waals surface area contributed by atoms with Crippen molar-refractivity contribution in [3.8, 4) is 0 Å². The third-order valence-corrected chi connectivity index (χ3v) is 4.02. The molecule has 1 aliphatic carbocycles. The topological polar surface area (TPSA) is 33.2 Å². The highest BCUT2D eigenvalue weighted by Crippen LogP contribution is 2.30. The Balaban J connectivity index is 1.84. The number of rotatable bonds is 4. The van der Waals surface area contributed by atoms with Gasteiger partial charge in [0.05, 0.1) is 18.3 Å². The van der Waals surface area contributed by atoms with E-state index in [1.165, 1.54) is 12.3 Å². The van der Waals surface area contributed by atoms with Crippen molar-refractivity contribution in [1.82, 2.24) is 9.88 Å². The highest BCUT2D eigenvalue weighted by Gasteiger charge is 2.34. The molecule has 0 bridgehead atoms. The second kappa shape index (κ2) is 5.09. The highest BCUT2D eigenvalue weighted by molar-refractivity contribution is 7.09. The molecule has 0 aromatic carbocycles. The van der Waals surface area contributed by atoms with Gasteiger partial charge in [-0.3, -0.25) is 9.78 Å². The fourth-order valence-corrected chi connectivity index (χ4v) is 2.73. The van der Waals surface area contributed by atoms with Gasteiger partial charge in [0.1, 0.15) is 0 Å². The number of carbonyl (C=O) groups is 1.